The van der Waals surface area contributed by atoms with Crippen molar-refractivity contribution in [3.05, 3.63) is 0 Å². The number of carbonyl (C=O) groups excluding carboxylic acids is 1. The summed E-state index contributed by atoms with van der Waals surface area (Å²) in [5.41, 5.74) is 0. The third kappa shape index (κ3) is 2.69. The lowest BCUT2D eigenvalue weighted by Gasteiger charge is -2.33. The molecule has 3 rings (SSSR count). The lowest BCUT2D eigenvalue weighted by Crippen LogP contribution is -2.49. The number of sulfonamides is 1. The molecule has 3 fully saturated rings. The van der Waals surface area contributed by atoms with E-state index in [0.29, 0.717) is 39.3 Å². The largest absolute Gasteiger partial charge is 0.378 e. The summed E-state index contributed by atoms with van der Waals surface area (Å²) in [5, 5.41) is 0. The number of hydrogen-bond donors (Lipinski definition) is 0. The Morgan fingerprint density at radius 2 is 1.90 bits per heavy atom. The van der Waals surface area contributed by atoms with Crippen LogP contribution in [0.5, 0.6) is 0 Å². The fraction of sp³-hybridized carbons (Fsp3) is 0.917. The maximum absolute atomic E-state index is 12.5. The highest BCUT2D eigenvalue weighted by atomic mass is 32.2. The standard InChI is InChI=1S/C12H20N2O5S/c1-20(16,17)14-7-9-6-10(11(8-14)19-9)12(15)13-2-4-18-5-3-13/h9-11H,2-8H2,1H3/t9-,10+,11-/m0/s1. The van der Waals surface area contributed by atoms with Crippen molar-refractivity contribution in [3.63, 3.8) is 0 Å². The molecule has 114 valence electrons. The van der Waals surface area contributed by atoms with Crippen LogP contribution in [0.4, 0.5) is 0 Å². The number of morpholine rings is 2. The first-order valence-corrected chi connectivity index (χ1v) is 8.77. The Hall–Kier alpha value is -0.700. The van der Waals surface area contributed by atoms with Crippen LogP contribution in [0.25, 0.3) is 0 Å². The molecule has 0 saturated carbocycles. The highest BCUT2D eigenvalue weighted by Gasteiger charge is 2.47. The van der Waals surface area contributed by atoms with Gasteiger partial charge < -0.3 is 14.4 Å². The summed E-state index contributed by atoms with van der Waals surface area (Å²) in [6.45, 7) is 3.02. The first kappa shape index (κ1) is 14.2. The molecule has 8 heteroatoms. The zero-order chi connectivity index (χ0) is 14.3. The topological polar surface area (TPSA) is 76.2 Å². The van der Waals surface area contributed by atoms with Gasteiger partial charge in [-0.1, -0.05) is 0 Å². The number of nitrogens with zero attached hydrogens (tertiary/aromatic N) is 2. The van der Waals surface area contributed by atoms with Gasteiger partial charge in [0.1, 0.15) is 0 Å². The summed E-state index contributed by atoms with van der Waals surface area (Å²) in [4.78, 5) is 14.3. The van der Waals surface area contributed by atoms with Gasteiger partial charge in [-0.15, -0.1) is 0 Å². The molecule has 3 heterocycles. The normalized spacial score (nSPS) is 35.2. The fourth-order valence-electron chi connectivity index (χ4n) is 3.17. The van der Waals surface area contributed by atoms with Gasteiger partial charge in [0, 0.05) is 26.2 Å². The van der Waals surface area contributed by atoms with Gasteiger partial charge in [-0.25, -0.2) is 8.42 Å². The van der Waals surface area contributed by atoms with Gasteiger partial charge in [-0.2, -0.15) is 4.31 Å². The van der Waals surface area contributed by atoms with Crippen LogP contribution < -0.4 is 0 Å². The van der Waals surface area contributed by atoms with E-state index in [1.165, 1.54) is 10.6 Å². The molecule has 3 aliphatic heterocycles. The lowest BCUT2D eigenvalue weighted by molar-refractivity contribution is -0.142. The Balaban J connectivity index is 1.69. The number of carbonyl (C=O) groups is 1. The maximum Gasteiger partial charge on any atom is 0.228 e. The van der Waals surface area contributed by atoms with Gasteiger partial charge in [0.15, 0.2) is 0 Å². The second kappa shape index (κ2) is 5.25. The van der Waals surface area contributed by atoms with Crippen molar-refractivity contribution in [2.24, 2.45) is 5.92 Å². The highest BCUT2D eigenvalue weighted by molar-refractivity contribution is 7.88. The number of rotatable bonds is 2. The Morgan fingerprint density at radius 3 is 2.55 bits per heavy atom. The highest BCUT2D eigenvalue weighted by Crippen LogP contribution is 2.34. The SMILES string of the molecule is CS(=O)(=O)N1C[C@@H]2C[C@@H](C(=O)N3CCOCC3)[C@H](C1)O2. The number of fused-ring (bicyclic) bond motifs is 2. The zero-order valence-electron chi connectivity index (χ0n) is 11.5. The molecule has 20 heavy (non-hydrogen) atoms. The maximum atomic E-state index is 12.5. The van der Waals surface area contributed by atoms with E-state index in [0.717, 1.165) is 0 Å². The first-order valence-electron chi connectivity index (χ1n) is 6.92. The second-order valence-electron chi connectivity index (χ2n) is 5.66. The van der Waals surface area contributed by atoms with E-state index in [-0.39, 0.29) is 30.6 Å². The molecule has 0 unspecified atom stereocenters. The molecule has 0 aromatic rings. The summed E-state index contributed by atoms with van der Waals surface area (Å²) < 4.78 is 35.7. The summed E-state index contributed by atoms with van der Waals surface area (Å²) in [6, 6.07) is 0. The summed E-state index contributed by atoms with van der Waals surface area (Å²) in [5.74, 6) is -0.138. The summed E-state index contributed by atoms with van der Waals surface area (Å²) in [7, 11) is -3.22. The molecule has 0 aliphatic carbocycles. The quantitative estimate of drug-likeness (QED) is 0.647. The van der Waals surface area contributed by atoms with Gasteiger partial charge in [0.2, 0.25) is 15.9 Å². The molecule has 0 N–H and O–H groups in total. The van der Waals surface area contributed by atoms with E-state index in [4.69, 9.17) is 9.47 Å². The van der Waals surface area contributed by atoms with E-state index in [1.54, 1.807) is 0 Å². The van der Waals surface area contributed by atoms with Crippen molar-refractivity contribution in [2.75, 3.05) is 45.6 Å². The van der Waals surface area contributed by atoms with E-state index in [2.05, 4.69) is 0 Å². The average molecular weight is 304 g/mol. The molecule has 3 aliphatic rings. The van der Waals surface area contributed by atoms with Gasteiger partial charge >= 0.3 is 0 Å². The molecule has 0 radical (unpaired) electrons. The van der Waals surface area contributed by atoms with E-state index in [9.17, 15) is 13.2 Å². The van der Waals surface area contributed by atoms with Crippen molar-refractivity contribution >= 4 is 15.9 Å². The van der Waals surface area contributed by atoms with Gasteiger partial charge in [-0.05, 0) is 6.42 Å². The second-order valence-corrected chi connectivity index (χ2v) is 7.64. The van der Waals surface area contributed by atoms with Gasteiger partial charge in [0.25, 0.3) is 0 Å². The molecule has 3 atom stereocenters. The van der Waals surface area contributed by atoms with Crippen molar-refractivity contribution in [3.8, 4) is 0 Å². The van der Waals surface area contributed by atoms with Gasteiger partial charge in [0.05, 0.1) is 37.6 Å². The Kier molecular flexibility index (Phi) is 3.74. The first-order chi connectivity index (χ1) is 9.45. The average Bonchev–Trinajstić information content (AvgIpc) is 2.72. The molecule has 3 saturated heterocycles. The van der Waals surface area contributed by atoms with Crippen LogP contribution in [-0.4, -0.2) is 81.4 Å². The van der Waals surface area contributed by atoms with Gasteiger partial charge in [-0.3, -0.25) is 4.79 Å². The third-order valence-corrected chi connectivity index (χ3v) is 5.47. The minimum atomic E-state index is -3.22. The predicted molar refractivity (Wildman–Crippen MR) is 70.6 cm³/mol. The van der Waals surface area contributed by atoms with Crippen molar-refractivity contribution in [1.29, 1.82) is 0 Å². The predicted octanol–water partition coefficient (Wildman–Crippen LogP) is -1.11. The minimum Gasteiger partial charge on any atom is -0.378 e. The van der Waals surface area contributed by atoms with Crippen molar-refractivity contribution < 1.29 is 22.7 Å². The molecule has 0 spiro atoms. The number of ether oxygens (including phenoxy) is 2. The molecular weight excluding hydrogens is 284 g/mol. The molecule has 7 nitrogen and oxygen atoms in total. The van der Waals surface area contributed by atoms with Crippen molar-refractivity contribution in [2.45, 2.75) is 18.6 Å². The fourth-order valence-corrected chi connectivity index (χ4v) is 4.03. The molecule has 0 aromatic carbocycles. The zero-order valence-corrected chi connectivity index (χ0v) is 12.3. The molecular formula is C12H20N2O5S. The molecule has 1 amide bonds. The van der Waals surface area contributed by atoms with Crippen LogP contribution in [0.2, 0.25) is 0 Å². The van der Waals surface area contributed by atoms with Crippen LogP contribution in [-0.2, 0) is 24.3 Å². The number of hydrogen-bond acceptors (Lipinski definition) is 5. The molecule has 2 bridgehead atoms. The smallest absolute Gasteiger partial charge is 0.228 e. The van der Waals surface area contributed by atoms with Crippen LogP contribution in [0.15, 0.2) is 0 Å². The van der Waals surface area contributed by atoms with Crippen LogP contribution in [0.3, 0.4) is 0 Å². The van der Waals surface area contributed by atoms with E-state index < -0.39 is 10.0 Å². The monoisotopic (exact) mass is 304 g/mol. The lowest BCUT2D eigenvalue weighted by atomic mass is 9.98. The number of amides is 1. The summed E-state index contributed by atoms with van der Waals surface area (Å²) in [6.07, 6.45) is 1.36. The van der Waals surface area contributed by atoms with Crippen LogP contribution in [0.1, 0.15) is 6.42 Å². The minimum absolute atomic E-state index is 0.0798. The van der Waals surface area contributed by atoms with E-state index in [1.807, 2.05) is 4.90 Å². The Labute approximate surface area is 118 Å². The van der Waals surface area contributed by atoms with Crippen molar-refractivity contribution in [1.82, 2.24) is 9.21 Å². The Bertz CT molecular complexity index is 488. The Morgan fingerprint density at radius 1 is 1.20 bits per heavy atom. The molecule has 0 aromatic heterocycles. The third-order valence-electron chi connectivity index (χ3n) is 4.23. The van der Waals surface area contributed by atoms with Crippen LogP contribution >= 0.6 is 0 Å². The summed E-state index contributed by atoms with van der Waals surface area (Å²) >= 11 is 0. The van der Waals surface area contributed by atoms with E-state index >= 15 is 0 Å². The van der Waals surface area contributed by atoms with Crippen LogP contribution in [0, 0.1) is 5.92 Å².